The molecule has 8 aliphatic carbocycles. The van der Waals surface area contributed by atoms with Crippen LogP contribution >= 0.6 is 0 Å². The molecule has 9 rings (SSSR count). The van der Waals surface area contributed by atoms with Crippen LogP contribution in [0.25, 0.3) is 0 Å². The monoisotopic (exact) mass is 1030 g/mol. The number of hydrogen-bond donors (Lipinski definition) is 0. The lowest BCUT2D eigenvalue weighted by molar-refractivity contribution is -0.169. The summed E-state index contributed by atoms with van der Waals surface area (Å²) in [4.78, 5) is 99.7. The third-order valence-corrected chi connectivity index (χ3v) is 19.2. The number of carbonyl (C=O) groups excluding carboxylic acids is 7. The van der Waals surface area contributed by atoms with Crippen LogP contribution in [0.4, 0.5) is 4.79 Å². The van der Waals surface area contributed by atoms with Crippen molar-refractivity contribution < 1.29 is 62.0 Å². The Bertz CT molecular complexity index is 1790. The van der Waals surface area contributed by atoms with E-state index in [-0.39, 0.29) is 113 Å². The van der Waals surface area contributed by atoms with Crippen molar-refractivity contribution in [3.63, 3.8) is 0 Å². The maximum Gasteiger partial charge on any atom is 0.329 e. The Kier molecular flexibility index (Phi) is 19.5. The number of carbonyl (C=O) groups is 7. The highest BCUT2D eigenvalue weighted by Gasteiger charge is 2.44. The molecule has 1 heterocycles. The molecular weight excluding hydrogens is 947 g/mol. The van der Waals surface area contributed by atoms with Crippen molar-refractivity contribution in [2.75, 3.05) is 39.5 Å². The zero-order chi connectivity index (χ0) is 51.4. The Labute approximate surface area is 438 Å². The Morgan fingerprint density at radius 1 is 0.446 bits per heavy atom. The van der Waals surface area contributed by atoms with Gasteiger partial charge in [-0.2, -0.15) is 0 Å². The fourth-order valence-electron chi connectivity index (χ4n) is 15.3. The predicted molar refractivity (Wildman–Crippen MR) is 269 cm³/mol. The summed E-state index contributed by atoms with van der Waals surface area (Å²) in [6.07, 6.45) is 28.0. The van der Waals surface area contributed by atoms with Crippen LogP contribution in [0, 0.1) is 71.0 Å². The van der Waals surface area contributed by atoms with Gasteiger partial charge in [0.25, 0.3) is 0 Å². The van der Waals surface area contributed by atoms with E-state index in [9.17, 15) is 33.6 Å². The summed E-state index contributed by atoms with van der Waals surface area (Å²) in [5.41, 5.74) is 0. The lowest BCUT2D eigenvalue weighted by Gasteiger charge is -2.24. The maximum atomic E-state index is 13.7. The van der Waals surface area contributed by atoms with Crippen LogP contribution in [0.2, 0.25) is 0 Å². The van der Waals surface area contributed by atoms with Gasteiger partial charge in [0.15, 0.2) is 12.2 Å². The van der Waals surface area contributed by atoms with Crippen molar-refractivity contribution in [2.24, 2.45) is 71.0 Å². The van der Waals surface area contributed by atoms with Crippen molar-refractivity contribution in [3.8, 4) is 0 Å². The fourth-order valence-corrected chi connectivity index (χ4v) is 15.3. The highest BCUT2D eigenvalue weighted by atomic mass is 16.6. The fraction of sp³-hybridized carbons (Fsp3) is 0.828. The number of esters is 6. The molecule has 16 nitrogen and oxygen atoms in total. The molecule has 0 radical (unpaired) electrons. The summed E-state index contributed by atoms with van der Waals surface area (Å²) < 4.78 is 36.3. The standard InChI is InChI=1S/C58H85N3O13/c62-52(73-50(33-69-54(64)46-25-38-11-1-2-12-39(38)26-46)34-70-55(65)47-27-40-13-3-4-14-41(40)28-47)19-9-22-60(58(68)61-24-21-59-37-61)23-10-20-53(63)74-51(35-71-56(66)48-29-42-15-5-6-16-43(42)30-48)36-72-57(67)49-31-44-17-7-8-18-45(44)32-49/h21,24,37-51H,1-20,22-23,25-36H2. The molecule has 410 valence electrons. The van der Waals surface area contributed by atoms with Gasteiger partial charge in [-0.25, -0.2) is 9.78 Å². The molecule has 8 saturated carbocycles. The minimum Gasteiger partial charge on any atom is -0.461 e. The van der Waals surface area contributed by atoms with Crippen molar-refractivity contribution in [3.05, 3.63) is 18.7 Å². The summed E-state index contributed by atoms with van der Waals surface area (Å²) in [5.74, 6) is 1.34. The molecule has 74 heavy (non-hydrogen) atoms. The van der Waals surface area contributed by atoms with E-state index in [2.05, 4.69) is 4.98 Å². The van der Waals surface area contributed by atoms with Gasteiger partial charge in [-0.1, -0.05) is 103 Å². The van der Waals surface area contributed by atoms with Crippen LogP contribution in [0.5, 0.6) is 0 Å². The molecule has 8 atom stereocenters. The smallest absolute Gasteiger partial charge is 0.329 e. The normalized spacial score (nSPS) is 31.8. The zero-order valence-corrected chi connectivity index (χ0v) is 44.0. The van der Waals surface area contributed by atoms with Crippen LogP contribution in [0.1, 0.15) is 180 Å². The molecule has 16 heteroatoms. The highest BCUT2D eigenvalue weighted by molar-refractivity contribution is 5.77. The number of imidazole rings is 1. The average Bonchev–Trinajstić information content (AvgIpc) is 4.28. The maximum absolute atomic E-state index is 13.7. The largest absolute Gasteiger partial charge is 0.461 e. The van der Waals surface area contributed by atoms with Gasteiger partial charge < -0.3 is 33.3 Å². The first-order valence-corrected chi connectivity index (χ1v) is 29.4. The Morgan fingerprint density at radius 2 is 0.730 bits per heavy atom. The number of hydrogen-bond acceptors (Lipinski definition) is 14. The molecule has 8 unspecified atom stereocenters. The van der Waals surface area contributed by atoms with Crippen LogP contribution in [-0.4, -0.2) is 108 Å². The molecule has 0 saturated heterocycles. The zero-order valence-electron chi connectivity index (χ0n) is 44.0. The second-order valence-corrected chi connectivity index (χ2v) is 24.1. The topological polar surface area (TPSA) is 196 Å². The van der Waals surface area contributed by atoms with Crippen LogP contribution < -0.4 is 0 Å². The number of aromatic nitrogens is 2. The first-order chi connectivity index (χ1) is 36.0. The van der Waals surface area contributed by atoms with Crippen molar-refractivity contribution in [2.45, 2.75) is 192 Å². The molecule has 0 aliphatic heterocycles. The van der Waals surface area contributed by atoms with E-state index in [4.69, 9.17) is 28.4 Å². The minimum atomic E-state index is -0.979. The number of fused-ring (bicyclic) bond motifs is 4. The van der Waals surface area contributed by atoms with Crippen LogP contribution in [-0.2, 0) is 57.2 Å². The van der Waals surface area contributed by atoms with Crippen molar-refractivity contribution in [1.29, 1.82) is 0 Å². The van der Waals surface area contributed by atoms with Crippen molar-refractivity contribution in [1.82, 2.24) is 14.5 Å². The van der Waals surface area contributed by atoms with Gasteiger partial charge in [-0.15, -0.1) is 0 Å². The lowest BCUT2D eigenvalue weighted by Crippen LogP contribution is -2.37. The molecular formula is C58H85N3O13. The Hall–Kier alpha value is -4.50. The van der Waals surface area contributed by atoms with Gasteiger partial charge in [0.2, 0.25) is 0 Å². The van der Waals surface area contributed by atoms with E-state index in [1.54, 1.807) is 0 Å². The van der Waals surface area contributed by atoms with E-state index in [1.807, 2.05) is 0 Å². The van der Waals surface area contributed by atoms with Gasteiger partial charge in [-0.3, -0.25) is 33.3 Å². The first kappa shape index (κ1) is 54.3. The Morgan fingerprint density at radius 3 is 0.986 bits per heavy atom. The second-order valence-electron chi connectivity index (χ2n) is 24.1. The highest BCUT2D eigenvalue weighted by Crippen LogP contribution is 2.48. The molecule has 0 spiro atoms. The van der Waals surface area contributed by atoms with Gasteiger partial charge >= 0.3 is 41.8 Å². The Balaban J connectivity index is 0.759. The minimum absolute atomic E-state index is 0.0738. The summed E-state index contributed by atoms with van der Waals surface area (Å²) in [5, 5.41) is 0. The number of nitrogens with zero attached hydrogens (tertiary/aromatic N) is 3. The van der Waals surface area contributed by atoms with Crippen LogP contribution in [0.3, 0.4) is 0 Å². The van der Waals surface area contributed by atoms with Gasteiger partial charge in [0, 0.05) is 38.3 Å². The molecule has 0 N–H and O–H groups in total. The molecule has 1 aromatic heterocycles. The van der Waals surface area contributed by atoms with Crippen LogP contribution in [0.15, 0.2) is 18.7 Å². The number of ether oxygens (including phenoxy) is 6. The number of rotatable bonds is 22. The van der Waals surface area contributed by atoms with E-state index < -0.39 is 30.2 Å². The van der Waals surface area contributed by atoms with Gasteiger partial charge in [0.1, 0.15) is 32.8 Å². The van der Waals surface area contributed by atoms with Gasteiger partial charge in [-0.05, 0) is 112 Å². The summed E-state index contributed by atoms with van der Waals surface area (Å²) >= 11 is 0. The quantitative estimate of drug-likeness (QED) is 0.0786. The van der Waals surface area contributed by atoms with E-state index in [1.165, 1.54) is 79.6 Å². The first-order valence-electron chi connectivity index (χ1n) is 29.4. The molecule has 1 amide bonds. The third kappa shape index (κ3) is 14.7. The predicted octanol–water partition coefficient (Wildman–Crippen LogP) is 9.58. The van der Waals surface area contributed by atoms with E-state index in [0.717, 1.165) is 103 Å². The van der Waals surface area contributed by atoms with Crippen molar-refractivity contribution >= 4 is 41.8 Å². The van der Waals surface area contributed by atoms with Gasteiger partial charge in [0.05, 0.1) is 23.7 Å². The van der Waals surface area contributed by atoms with E-state index >= 15 is 0 Å². The summed E-state index contributed by atoms with van der Waals surface area (Å²) in [6, 6.07) is -0.394. The molecule has 0 aromatic carbocycles. The van der Waals surface area contributed by atoms with E-state index in [0.29, 0.717) is 47.3 Å². The third-order valence-electron chi connectivity index (χ3n) is 19.2. The lowest BCUT2D eigenvalue weighted by atomic mass is 9.82. The molecule has 8 fully saturated rings. The average molecular weight is 1030 g/mol. The second kappa shape index (κ2) is 26.5. The molecule has 0 bridgehead atoms. The molecule has 1 aromatic rings. The summed E-state index contributed by atoms with van der Waals surface area (Å²) in [6.45, 7) is -0.566. The number of amides is 1. The summed E-state index contributed by atoms with van der Waals surface area (Å²) in [7, 11) is 0. The SMILES string of the molecule is O=C(CCCN(CCCC(=O)OC(COC(=O)C1CC2CCCCC2C1)COC(=O)C1CC2CCCCC2C1)C(=O)n1ccnc1)OC(COC(=O)C1CC2CCCCC2C1)COC(=O)C1CC2CCCCC2C1. The molecule has 8 aliphatic rings.